The predicted octanol–water partition coefficient (Wildman–Crippen LogP) is 5.20. The lowest BCUT2D eigenvalue weighted by atomic mass is 9.76. The maximum absolute atomic E-state index is 12.0. The zero-order chi connectivity index (χ0) is 18.4. The lowest BCUT2D eigenvalue weighted by molar-refractivity contribution is -0.139. The van der Waals surface area contributed by atoms with Crippen molar-refractivity contribution < 1.29 is 14.3 Å². The molecule has 0 N–H and O–H groups in total. The van der Waals surface area contributed by atoms with Gasteiger partial charge in [-0.25, -0.2) is 4.79 Å². The molecule has 2 aliphatic rings. The molecule has 4 rings (SSSR count). The normalized spacial score (nSPS) is 21.2. The van der Waals surface area contributed by atoms with Gasteiger partial charge in [-0.1, -0.05) is 18.7 Å². The van der Waals surface area contributed by atoms with E-state index < -0.39 is 0 Å². The van der Waals surface area contributed by atoms with Gasteiger partial charge in [0.05, 0.1) is 0 Å². The third-order valence-corrected chi connectivity index (χ3v) is 6.25. The Labute approximate surface area is 167 Å². The summed E-state index contributed by atoms with van der Waals surface area (Å²) >= 11 is 2.30. The highest BCUT2D eigenvalue weighted by atomic mass is 127. The van der Waals surface area contributed by atoms with Gasteiger partial charge < -0.3 is 9.47 Å². The van der Waals surface area contributed by atoms with Crippen molar-refractivity contribution in [3.05, 3.63) is 73.9 Å². The van der Waals surface area contributed by atoms with Crippen molar-refractivity contribution in [1.82, 2.24) is 0 Å². The smallest absolute Gasteiger partial charge is 0.334 e. The predicted molar refractivity (Wildman–Crippen MR) is 109 cm³/mol. The number of rotatable bonds is 3. The van der Waals surface area contributed by atoms with E-state index in [4.69, 9.17) is 9.47 Å². The first-order valence-electron chi connectivity index (χ1n) is 8.85. The molecule has 134 valence electrons. The summed E-state index contributed by atoms with van der Waals surface area (Å²) in [5.41, 5.74) is 6.46. The second-order valence-corrected chi connectivity index (χ2v) is 8.37. The molecule has 4 heteroatoms. The van der Waals surface area contributed by atoms with Crippen LogP contribution in [0.4, 0.5) is 0 Å². The Balaban J connectivity index is 1.67. The number of carbonyl (C=O) groups excluding carboxylic acids is 1. The van der Waals surface area contributed by atoms with E-state index in [2.05, 4.69) is 73.3 Å². The number of aryl methyl sites for hydroxylation is 1. The van der Waals surface area contributed by atoms with Crippen LogP contribution < -0.4 is 4.74 Å². The van der Waals surface area contributed by atoms with Crippen LogP contribution >= 0.6 is 22.6 Å². The fourth-order valence-electron chi connectivity index (χ4n) is 4.06. The quantitative estimate of drug-likeness (QED) is 0.359. The summed E-state index contributed by atoms with van der Waals surface area (Å²) in [7, 11) is 0. The second-order valence-electron chi connectivity index (χ2n) is 7.12. The van der Waals surface area contributed by atoms with Crippen LogP contribution in [0.2, 0.25) is 0 Å². The third kappa shape index (κ3) is 2.94. The van der Waals surface area contributed by atoms with Crippen molar-refractivity contribution in [3.8, 4) is 5.75 Å². The highest BCUT2D eigenvalue weighted by Crippen LogP contribution is 2.49. The van der Waals surface area contributed by atoms with Gasteiger partial charge in [0.25, 0.3) is 0 Å². The maximum Gasteiger partial charge on any atom is 0.334 e. The molecular formula is C22H21IO3. The molecule has 1 fully saturated rings. The zero-order valence-corrected chi connectivity index (χ0v) is 17.1. The van der Waals surface area contributed by atoms with Crippen LogP contribution in [0.25, 0.3) is 0 Å². The summed E-state index contributed by atoms with van der Waals surface area (Å²) in [6, 6.07) is 10.5. The number of halogens is 1. The molecule has 1 aliphatic carbocycles. The van der Waals surface area contributed by atoms with Crippen molar-refractivity contribution >= 4 is 28.6 Å². The molecule has 26 heavy (non-hydrogen) atoms. The molecule has 0 radical (unpaired) electrons. The van der Waals surface area contributed by atoms with Crippen LogP contribution in [0.15, 0.2) is 42.5 Å². The lowest BCUT2D eigenvalue weighted by Gasteiger charge is -2.30. The first-order chi connectivity index (χ1) is 12.5. The monoisotopic (exact) mass is 460 g/mol. The Morgan fingerprint density at radius 1 is 1.27 bits per heavy atom. The summed E-state index contributed by atoms with van der Waals surface area (Å²) in [5, 5.41) is 0. The number of carbonyl (C=O) groups is 1. The van der Waals surface area contributed by atoms with Gasteiger partial charge in [0.1, 0.15) is 18.5 Å². The Hall–Kier alpha value is -1.82. The molecule has 0 unspecified atom stereocenters. The minimum absolute atomic E-state index is 0.0968. The van der Waals surface area contributed by atoms with E-state index in [0.29, 0.717) is 12.2 Å². The summed E-state index contributed by atoms with van der Waals surface area (Å²) in [4.78, 5) is 12.0. The van der Waals surface area contributed by atoms with Gasteiger partial charge in [-0.3, -0.25) is 0 Å². The molecule has 1 aliphatic heterocycles. The highest BCUT2D eigenvalue weighted by Gasteiger charge is 2.44. The molecular weight excluding hydrogens is 439 g/mol. The fourth-order valence-corrected chi connectivity index (χ4v) is 4.42. The fraction of sp³-hybridized carbons (Fsp3) is 0.318. The van der Waals surface area contributed by atoms with Crippen molar-refractivity contribution in [1.29, 1.82) is 0 Å². The summed E-state index contributed by atoms with van der Waals surface area (Å²) < 4.78 is 13.0. The number of ether oxygens (including phenoxy) is 2. The van der Waals surface area contributed by atoms with Crippen LogP contribution in [-0.2, 0) is 22.6 Å². The van der Waals surface area contributed by atoms with Crippen LogP contribution in [0.5, 0.6) is 5.75 Å². The topological polar surface area (TPSA) is 35.5 Å². The van der Waals surface area contributed by atoms with Crippen molar-refractivity contribution in [2.24, 2.45) is 5.92 Å². The van der Waals surface area contributed by atoms with Gasteiger partial charge >= 0.3 is 5.97 Å². The average Bonchev–Trinajstić information content (AvgIpc) is 2.92. The second kappa shape index (κ2) is 6.72. The minimum atomic E-state index is -0.255. The van der Waals surface area contributed by atoms with Gasteiger partial charge in [-0.05, 0) is 89.7 Å². The van der Waals surface area contributed by atoms with Crippen LogP contribution in [-0.4, -0.2) is 5.97 Å². The van der Waals surface area contributed by atoms with Crippen molar-refractivity contribution in [2.75, 3.05) is 0 Å². The van der Waals surface area contributed by atoms with Crippen LogP contribution in [0.3, 0.4) is 0 Å². The Bertz CT molecular complexity index is 899. The SMILES string of the molecule is C=C1C(=O)O[C@H]2c3c(C)c(OCc4ccc(I)cc4)cc(C)c3CC[C@@H]12. The molecule has 0 saturated carbocycles. The van der Waals surface area contributed by atoms with E-state index in [1.54, 1.807) is 0 Å². The van der Waals surface area contributed by atoms with E-state index in [9.17, 15) is 4.79 Å². The number of benzene rings is 2. The van der Waals surface area contributed by atoms with E-state index in [-0.39, 0.29) is 18.0 Å². The highest BCUT2D eigenvalue weighted by molar-refractivity contribution is 14.1. The largest absolute Gasteiger partial charge is 0.489 e. The summed E-state index contributed by atoms with van der Waals surface area (Å²) in [6.07, 6.45) is 1.67. The molecule has 0 spiro atoms. The van der Waals surface area contributed by atoms with E-state index in [1.807, 2.05) is 0 Å². The Kier molecular flexibility index (Phi) is 4.55. The maximum atomic E-state index is 12.0. The third-order valence-electron chi connectivity index (χ3n) is 5.53. The van der Waals surface area contributed by atoms with Crippen LogP contribution in [0, 0.1) is 23.3 Å². The lowest BCUT2D eigenvalue weighted by Crippen LogP contribution is -2.20. The Morgan fingerprint density at radius 2 is 2.00 bits per heavy atom. The number of hydrogen-bond donors (Lipinski definition) is 0. The summed E-state index contributed by atoms with van der Waals surface area (Å²) in [5.74, 6) is 0.712. The molecule has 3 nitrogen and oxygen atoms in total. The van der Waals surface area contributed by atoms with Crippen molar-refractivity contribution in [2.45, 2.75) is 39.4 Å². The molecule has 2 atom stereocenters. The number of fused-ring (bicyclic) bond motifs is 3. The van der Waals surface area contributed by atoms with Gasteiger partial charge in [0, 0.05) is 20.6 Å². The zero-order valence-electron chi connectivity index (χ0n) is 15.0. The minimum Gasteiger partial charge on any atom is -0.489 e. The molecule has 0 aromatic heterocycles. The molecule has 2 aromatic rings. The van der Waals surface area contributed by atoms with E-state index >= 15 is 0 Å². The van der Waals surface area contributed by atoms with Crippen molar-refractivity contribution in [3.63, 3.8) is 0 Å². The van der Waals surface area contributed by atoms with E-state index in [0.717, 1.165) is 35.3 Å². The number of esters is 1. The van der Waals surface area contributed by atoms with Gasteiger partial charge in [0.2, 0.25) is 0 Å². The van der Waals surface area contributed by atoms with Crippen LogP contribution in [0.1, 0.15) is 40.3 Å². The van der Waals surface area contributed by atoms with Gasteiger partial charge in [-0.15, -0.1) is 0 Å². The van der Waals surface area contributed by atoms with Gasteiger partial charge in [0.15, 0.2) is 0 Å². The molecule has 1 heterocycles. The standard InChI is InChI=1S/C22H21IO3/c1-12-10-19(25-11-15-4-6-16(23)7-5-15)14(3)20-17(12)8-9-18-13(2)22(24)26-21(18)20/h4-7,10,18,21H,2,8-9,11H2,1,3H3/t18-,21+/m0/s1. The van der Waals surface area contributed by atoms with Gasteiger partial charge in [-0.2, -0.15) is 0 Å². The first-order valence-corrected chi connectivity index (χ1v) is 9.93. The molecule has 2 aromatic carbocycles. The molecule has 0 bridgehead atoms. The molecule has 1 saturated heterocycles. The summed E-state index contributed by atoms with van der Waals surface area (Å²) in [6.45, 7) is 8.65. The Morgan fingerprint density at radius 3 is 2.73 bits per heavy atom. The number of hydrogen-bond acceptors (Lipinski definition) is 3. The average molecular weight is 460 g/mol. The van der Waals surface area contributed by atoms with E-state index in [1.165, 1.54) is 14.7 Å². The first kappa shape index (κ1) is 17.6. The molecule has 0 amide bonds.